The van der Waals surface area contributed by atoms with Crippen LogP contribution in [0.4, 0.5) is 0 Å². The molecule has 1 aromatic heterocycles. The van der Waals surface area contributed by atoms with Crippen molar-refractivity contribution in [3.8, 4) is 0 Å². The fourth-order valence-corrected chi connectivity index (χ4v) is 1.77. The molecular weight excluding hydrogens is 262 g/mol. The van der Waals surface area contributed by atoms with Crippen molar-refractivity contribution in [1.82, 2.24) is 15.2 Å². The topological polar surface area (TPSA) is 52.9 Å². The number of hydrogen-bond acceptors (Lipinski definition) is 5. The Bertz CT molecular complexity index is 484. The SMILES string of the molecule is CC(C)CNC1=NCN(Cc2ncccc2Cl)C=N1. The third-order valence-corrected chi connectivity index (χ3v) is 2.95. The quantitative estimate of drug-likeness (QED) is 0.919. The Morgan fingerprint density at radius 1 is 1.47 bits per heavy atom. The van der Waals surface area contributed by atoms with Gasteiger partial charge in [0.15, 0.2) is 0 Å². The molecule has 0 amide bonds. The molecule has 2 rings (SSSR count). The Hall–Kier alpha value is -1.62. The molecule has 0 unspecified atom stereocenters. The first-order valence-corrected chi connectivity index (χ1v) is 6.69. The number of aromatic nitrogens is 1. The number of nitrogens with zero attached hydrogens (tertiary/aromatic N) is 4. The third-order valence-electron chi connectivity index (χ3n) is 2.60. The van der Waals surface area contributed by atoms with Crippen molar-refractivity contribution in [3.63, 3.8) is 0 Å². The lowest BCUT2D eigenvalue weighted by atomic mass is 10.2. The number of rotatable bonds is 4. The number of hydrogen-bond donors (Lipinski definition) is 1. The third kappa shape index (κ3) is 4.21. The zero-order valence-corrected chi connectivity index (χ0v) is 11.9. The molecule has 0 atom stereocenters. The minimum absolute atomic E-state index is 0.566. The summed E-state index contributed by atoms with van der Waals surface area (Å²) in [6, 6.07) is 3.66. The molecule has 2 heterocycles. The number of guanidine groups is 1. The normalized spacial score (nSPS) is 14.7. The second kappa shape index (κ2) is 6.52. The zero-order chi connectivity index (χ0) is 13.7. The Morgan fingerprint density at radius 2 is 2.32 bits per heavy atom. The molecule has 0 radical (unpaired) electrons. The molecule has 1 N–H and O–H groups in total. The van der Waals surface area contributed by atoms with Crippen LogP contribution in [0.5, 0.6) is 0 Å². The highest BCUT2D eigenvalue weighted by Gasteiger charge is 2.10. The molecule has 0 saturated carbocycles. The number of nitrogens with one attached hydrogen (secondary N) is 1. The second-order valence-corrected chi connectivity index (χ2v) is 5.23. The highest BCUT2D eigenvalue weighted by Crippen LogP contribution is 2.14. The molecular formula is C13H18ClN5. The van der Waals surface area contributed by atoms with Crippen molar-refractivity contribution in [2.24, 2.45) is 15.9 Å². The van der Waals surface area contributed by atoms with Gasteiger partial charge in [0, 0.05) is 12.7 Å². The fourth-order valence-electron chi connectivity index (χ4n) is 1.59. The lowest BCUT2D eigenvalue weighted by Crippen LogP contribution is -2.33. The van der Waals surface area contributed by atoms with Gasteiger partial charge in [0.2, 0.25) is 5.96 Å². The van der Waals surface area contributed by atoms with E-state index in [0.29, 0.717) is 30.1 Å². The van der Waals surface area contributed by atoms with Gasteiger partial charge in [0.25, 0.3) is 0 Å². The van der Waals surface area contributed by atoms with E-state index in [9.17, 15) is 0 Å². The van der Waals surface area contributed by atoms with Crippen molar-refractivity contribution >= 4 is 23.9 Å². The first-order chi connectivity index (χ1) is 9.15. The van der Waals surface area contributed by atoms with Crippen LogP contribution in [0.1, 0.15) is 19.5 Å². The van der Waals surface area contributed by atoms with E-state index in [1.807, 2.05) is 17.0 Å². The smallest absolute Gasteiger partial charge is 0.221 e. The average Bonchev–Trinajstić information content (AvgIpc) is 2.40. The molecule has 1 aliphatic rings. The molecule has 0 fully saturated rings. The molecule has 0 aromatic carbocycles. The maximum absolute atomic E-state index is 6.07. The molecule has 102 valence electrons. The monoisotopic (exact) mass is 279 g/mol. The van der Waals surface area contributed by atoms with E-state index in [-0.39, 0.29) is 0 Å². The van der Waals surface area contributed by atoms with Gasteiger partial charge >= 0.3 is 0 Å². The maximum Gasteiger partial charge on any atom is 0.221 e. The summed E-state index contributed by atoms with van der Waals surface area (Å²) in [5, 5.41) is 3.87. The first-order valence-electron chi connectivity index (χ1n) is 6.31. The average molecular weight is 280 g/mol. The minimum atomic E-state index is 0.566. The first kappa shape index (κ1) is 13.8. The van der Waals surface area contributed by atoms with Gasteiger partial charge in [0.1, 0.15) is 6.67 Å². The maximum atomic E-state index is 6.07. The summed E-state index contributed by atoms with van der Waals surface area (Å²) in [6.45, 7) is 6.36. The van der Waals surface area contributed by atoms with E-state index in [2.05, 4.69) is 34.1 Å². The van der Waals surface area contributed by atoms with Crippen molar-refractivity contribution in [2.75, 3.05) is 13.2 Å². The van der Waals surface area contributed by atoms with Gasteiger partial charge in [-0.2, -0.15) is 0 Å². The van der Waals surface area contributed by atoms with Crippen molar-refractivity contribution in [2.45, 2.75) is 20.4 Å². The Kier molecular flexibility index (Phi) is 4.74. The Morgan fingerprint density at radius 3 is 2.95 bits per heavy atom. The molecule has 1 aliphatic heterocycles. The lowest BCUT2D eigenvalue weighted by molar-refractivity contribution is 0.427. The van der Waals surface area contributed by atoms with E-state index in [1.165, 1.54) is 0 Å². The van der Waals surface area contributed by atoms with E-state index in [4.69, 9.17) is 11.6 Å². The van der Waals surface area contributed by atoms with Gasteiger partial charge in [-0.15, -0.1) is 0 Å². The van der Waals surface area contributed by atoms with Crippen LogP contribution in [-0.4, -0.2) is 35.4 Å². The molecule has 0 aliphatic carbocycles. The van der Waals surface area contributed by atoms with Gasteiger partial charge in [0.05, 0.1) is 23.6 Å². The lowest BCUT2D eigenvalue weighted by Gasteiger charge is -2.21. The zero-order valence-electron chi connectivity index (χ0n) is 11.2. The van der Waals surface area contributed by atoms with Crippen molar-refractivity contribution in [1.29, 1.82) is 0 Å². The molecule has 19 heavy (non-hydrogen) atoms. The summed E-state index contributed by atoms with van der Waals surface area (Å²) in [6.07, 6.45) is 3.52. The second-order valence-electron chi connectivity index (χ2n) is 4.82. The van der Waals surface area contributed by atoms with E-state index >= 15 is 0 Å². The highest BCUT2D eigenvalue weighted by molar-refractivity contribution is 6.31. The van der Waals surface area contributed by atoms with Crippen LogP contribution >= 0.6 is 11.6 Å². The molecule has 0 bridgehead atoms. The van der Waals surface area contributed by atoms with E-state index < -0.39 is 0 Å². The highest BCUT2D eigenvalue weighted by atomic mass is 35.5. The van der Waals surface area contributed by atoms with Crippen LogP contribution in [0.25, 0.3) is 0 Å². The summed E-state index contributed by atoms with van der Waals surface area (Å²) in [4.78, 5) is 14.9. The summed E-state index contributed by atoms with van der Waals surface area (Å²) < 4.78 is 0. The van der Waals surface area contributed by atoms with Crippen LogP contribution in [0.3, 0.4) is 0 Å². The Balaban J connectivity index is 1.87. The van der Waals surface area contributed by atoms with E-state index in [0.717, 1.165) is 12.2 Å². The standard InChI is InChI=1S/C13H18ClN5/c1-10(2)6-16-13-17-8-19(9-18-13)7-12-11(14)4-3-5-15-12/h3-5,8,10H,6-7,9H2,1-2H3,(H,16,18). The van der Waals surface area contributed by atoms with Crippen LogP contribution in [-0.2, 0) is 6.54 Å². The van der Waals surface area contributed by atoms with Crippen molar-refractivity contribution in [3.05, 3.63) is 29.0 Å². The predicted molar refractivity (Wildman–Crippen MR) is 78.4 cm³/mol. The van der Waals surface area contributed by atoms with Gasteiger partial charge in [-0.25, -0.2) is 9.98 Å². The summed E-state index contributed by atoms with van der Waals surface area (Å²) >= 11 is 6.07. The number of halogens is 1. The summed E-state index contributed by atoms with van der Waals surface area (Å²) in [5.41, 5.74) is 0.837. The largest absolute Gasteiger partial charge is 0.354 e. The van der Waals surface area contributed by atoms with Crippen molar-refractivity contribution < 1.29 is 0 Å². The summed E-state index contributed by atoms with van der Waals surface area (Å²) in [5.74, 6) is 1.26. The van der Waals surface area contributed by atoms with Gasteiger partial charge in [-0.1, -0.05) is 25.4 Å². The minimum Gasteiger partial charge on any atom is -0.354 e. The van der Waals surface area contributed by atoms with E-state index in [1.54, 1.807) is 12.5 Å². The van der Waals surface area contributed by atoms with Crippen LogP contribution in [0.15, 0.2) is 28.3 Å². The predicted octanol–water partition coefficient (Wildman–Crippen LogP) is 2.14. The molecule has 0 spiro atoms. The van der Waals surface area contributed by atoms with Gasteiger partial charge in [-0.3, -0.25) is 4.98 Å². The van der Waals surface area contributed by atoms with Gasteiger partial charge in [-0.05, 0) is 18.1 Å². The number of aliphatic imine (C=N–C) groups is 2. The Labute approximate surface area is 118 Å². The summed E-state index contributed by atoms with van der Waals surface area (Å²) in [7, 11) is 0. The van der Waals surface area contributed by atoms with Crippen LogP contribution in [0, 0.1) is 5.92 Å². The van der Waals surface area contributed by atoms with Gasteiger partial charge < -0.3 is 10.2 Å². The fraction of sp³-hybridized carbons (Fsp3) is 0.462. The van der Waals surface area contributed by atoms with Crippen LogP contribution < -0.4 is 5.32 Å². The molecule has 5 nitrogen and oxygen atoms in total. The molecule has 1 aromatic rings. The molecule has 0 saturated heterocycles. The van der Waals surface area contributed by atoms with Crippen LogP contribution in [0.2, 0.25) is 5.02 Å². The molecule has 6 heteroatoms. The number of pyridine rings is 1.